The van der Waals surface area contributed by atoms with E-state index in [0.29, 0.717) is 17.6 Å². The molecule has 5 heteroatoms. The fourth-order valence-corrected chi connectivity index (χ4v) is 9.46. The minimum Gasteiger partial charge on any atom is -0.309 e. The third-order valence-corrected chi connectivity index (χ3v) is 12.6. The SMILES string of the molecule is CC1(C)CCC(C)(C)c2cc3c(cc21)c1c(ccc2c4ccccc4n(-c4ccccc4)c21)n3-c1nc(-c2ccccc2)nc(-c2cccc(-c3ccccc3)c2)n1. The summed E-state index contributed by atoms with van der Waals surface area (Å²) in [6.45, 7) is 9.63. The van der Waals surface area contributed by atoms with Gasteiger partial charge in [-0.05, 0) is 88.4 Å². The molecular weight excluding hydrogens is 707 g/mol. The van der Waals surface area contributed by atoms with E-state index in [-0.39, 0.29) is 10.8 Å². The Balaban J connectivity index is 1.29. The van der Waals surface area contributed by atoms with Crippen LogP contribution in [-0.2, 0) is 10.8 Å². The minimum atomic E-state index is 0.00588. The van der Waals surface area contributed by atoms with E-state index in [9.17, 15) is 0 Å². The van der Waals surface area contributed by atoms with Gasteiger partial charge in [-0.2, -0.15) is 9.97 Å². The van der Waals surface area contributed by atoms with E-state index in [2.05, 4.69) is 182 Å². The van der Waals surface area contributed by atoms with Crippen LogP contribution in [0.3, 0.4) is 0 Å². The molecule has 7 aromatic carbocycles. The van der Waals surface area contributed by atoms with Crippen LogP contribution in [0, 0.1) is 0 Å². The Morgan fingerprint density at radius 1 is 0.414 bits per heavy atom. The predicted octanol–water partition coefficient (Wildman–Crippen LogP) is 13.4. The quantitative estimate of drug-likeness (QED) is 0.176. The molecule has 3 heterocycles. The lowest BCUT2D eigenvalue weighted by atomic mass is 9.63. The highest BCUT2D eigenvalue weighted by Crippen LogP contribution is 2.50. The number of rotatable bonds is 5. The van der Waals surface area contributed by atoms with Gasteiger partial charge in [0.15, 0.2) is 11.6 Å². The summed E-state index contributed by atoms with van der Waals surface area (Å²) in [7, 11) is 0. The summed E-state index contributed by atoms with van der Waals surface area (Å²) < 4.78 is 4.77. The van der Waals surface area contributed by atoms with E-state index in [1.807, 2.05) is 18.2 Å². The molecule has 0 radical (unpaired) electrons. The molecule has 0 saturated carbocycles. The molecule has 0 saturated heterocycles. The van der Waals surface area contributed by atoms with Gasteiger partial charge in [0, 0.05) is 38.4 Å². The monoisotopic (exact) mass is 749 g/mol. The standard InChI is InChI=1S/C53H43N5/c1-52(2)29-30-53(3,4)43-33-46-41(32-42(43)52)47-45(28-27-40-39-25-14-15-26-44(39)57(48(40)47)38-23-12-7-13-24-38)58(46)51-55-49(35-19-10-6-11-20-35)54-50(56-51)37-22-16-21-36(31-37)34-17-8-5-9-18-34/h5-28,31-33H,29-30H2,1-4H3. The fourth-order valence-electron chi connectivity index (χ4n) is 9.46. The van der Waals surface area contributed by atoms with Crippen LogP contribution in [0.2, 0.25) is 0 Å². The van der Waals surface area contributed by atoms with Crippen molar-refractivity contribution in [2.24, 2.45) is 0 Å². The third-order valence-electron chi connectivity index (χ3n) is 12.6. The lowest BCUT2D eigenvalue weighted by Gasteiger charge is -2.42. The molecule has 10 aromatic rings. The fraction of sp³-hybridized carbons (Fsp3) is 0.151. The highest BCUT2D eigenvalue weighted by atomic mass is 15.2. The molecule has 3 aromatic heterocycles. The summed E-state index contributed by atoms with van der Waals surface area (Å²) in [4.78, 5) is 16.0. The van der Waals surface area contributed by atoms with E-state index in [0.717, 1.165) is 51.8 Å². The van der Waals surface area contributed by atoms with Gasteiger partial charge >= 0.3 is 0 Å². The summed E-state index contributed by atoms with van der Waals surface area (Å²) >= 11 is 0. The van der Waals surface area contributed by atoms with Crippen LogP contribution in [0.15, 0.2) is 164 Å². The summed E-state index contributed by atoms with van der Waals surface area (Å²) in [5.41, 5.74) is 12.7. The molecule has 0 N–H and O–H groups in total. The summed E-state index contributed by atoms with van der Waals surface area (Å²) in [6, 6.07) is 58.5. The Morgan fingerprint density at radius 3 is 1.72 bits per heavy atom. The van der Waals surface area contributed by atoms with Crippen molar-refractivity contribution in [2.45, 2.75) is 51.4 Å². The lowest BCUT2D eigenvalue weighted by Crippen LogP contribution is -2.33. The lowest BCUT2D eigenvalue weighted by molar-refractivity contribution is 0.332. The summed E-state index contributed by atoms with van der Waals surface area (Å²) in [5.74, 6) is 1.87. The highest BCUT2D eigenvalue weighted by molar-refractivity contribution is 6.26. The first-order valence-corrected chi connectivity index (χ1v) is 20.3. The zero-order valence-corrected chi connectivity index (χ0v) is 33.2. The largest absolute Gasteiger partial charge is 0.309 e. The minimum absolute atomic E-state index is 0.00588. The second-order valence-corrected chi connectivity index (χ2v) is 17.2. The van der Waals surface area contributed by atoms with Crippen molar-refractivity contribution < 1.29 is 0 Å². The number of aromatic nitrogens is 5. The molecule has 0 spiro atoms. The maximum absolute atomic E-state index is 5.42. The molecule has 280 valence electrons. The van der Waals surface area contributed by atoms with Gasteiger partial charge in [-0.25, -0.2) is 4.98 Å². The summed E-state index contributed by atoms with van der Waals surface area (Å²) in [6.07, 6.45) is 2.26. The number of nitrogens with zero attached hydrogens (tertiary/aromatic N) is 5. The van der Waals surface area contributed by atoms with Crippen molar-refractivity contribution in [1.29, 1.82) is 0 Å². The zero-order valence-electron chi connectivity index (χ0n) is 33.2. The molecule has 0 atom stereocenters. The van der Waals surface area contributed by atoms with E-state index in [1.54, 1.807) is 0 Å². The Hall–Kier alpha value is -6.85. The molecule has 0 bridgehead atoms. The highest BCUT2D eigenvalue weighted by Gasteiger charge is 2.38. The molecule has 0 unspecified atom stereocenters. The van der Waals surface area contributed by atoms with Gasteiger partial charge in [-0.3, -0.25) is 4.57 Å². The van der Waals surface area contributed by atoms with Crippen molar-refractivity contribution in [3.05, 3.63) is 175 Å². The van der Waals surface area contributed by atoms with Crippen molar-refractivity contribution in [2.75, 3.05) is 0 Å². The smallest absolute Gasteiger partial charge is 0.238 e. The van der Waals surface area contributed by atoms with Gasteiger partial charge in [0.25, 0.3) is 0 Å². The Morgan fingerprint density at radius 2 is 1.00 bits per heavy atom. The van der Waals surface area contributed by atoms with Gasteiger partial charge in [-0.1, -0.05) is 149 Å². The van der Waals surface area contributed by atoms with Crippen LogP contribution in [-0.4, -0.2) is 24.1 Å². The molecule has 0 amide bonds. The summed E-state index contributed by atoms with van der Waals surface area (Å²) in [5, 5.41) is 4.86. The number of benzene rings is 7. The van der Waals surface area contributed by atoms with E-state index >= 15 is 0 Å². The van der Waals surface area contributed by atoms with Gasteiger partial charge in [0.1, 0.15) is 0 Å². The molecule has 5 nitrogen and oxygen atoms in total. The predicted molar refractivity (Wildman–Crippen MR) is 240 cm³/mol. The molecule has 11 rings (SSSR count). The average Bonchev–Trinajstić information content (AvgIpc) is 3.78. The van der Waals surface area contributed by atoms with Crippen LogP contribution in [0.5, 0.6) is 0 Å². The first-order chi connectivity index (χ1) is 28.2. The number of para-hydroxylation sites is 2. The normalized spacial score (nSPS) is 14.7. The molecule has 58 heavy (non-hydrogen) atoms. The van der Waals surface area contributed by atoms with Crippen molar-refractivity contribution in [1.82, 2.24) is 24.1 Å². The van der Waals surface area contributed by atoms with Gasteiger partial charge in [0.2, 0.25) is 5.95 Å². The van der Waals surface area contributed by atoms with Gasteiger partial charge in [0.05, 0.1) is 22.1 Å². The maximum atomic E-state index is 5.42. The molecule has 1 aliphatic rings. The first-order valence-electron chi connectivity index (χ1n) is 20.3. The van der Waals surface area contributed by atoms with E-state index < -0.39 is 0 Å². The average molecular weight is 750 g/mol. The van der Waals surface area contributed by atoms with Gasteiger partial charge < -0.3 is 4.57 Å². The van der Waals surface area contributed by atoms with Crippen LogP contribution in [0.4, 0.5) is 0 Å². The van der Waals surface area contributed by atoms with Crippen LogP contribution >= 0.6 is 0 Å². The second kappa shape index (κ2) is 12.8. The van der Waals surface area contributed by atoms with Crippen LogP contribution in [0.25, 0.3) is 89.2 Å². The second-order valence-electron chi connectivity index (χ2n) is 17.2. The van der Waals surface area contributed by atoms with Crippen molar-refractivity contribution >= 4 is 43.6 Å². The molecule has 0 aliphatic heterocycles. The van der Waals surface area contributed by atoms with Crippen molar-refractivity contribution in [3.63, 3.8) is 0 Å². The molecule has 1 aliphatic carbocycles. The van der Waals surface area contributed by atoms with Crippen LogP contribution < -0.4 is 0 Å². The van der Waals surface area contributed by atoms with Crippen molar-refractivity contribution in [3.8, 4) is 45.5 Å². The van der Waals surface area contributed by atoms with E-state index in [1.165, 1.54) is 43.7 Å². The Labute approximate surface area is 338 Å². The molecule has 0 fully saturated rings. The van der Waals surface area contributed by atoms with Crippen LogP contribution in [0.1, 0.15) is 51.7 Å². The Kier molecular flexibility index (Phi) is 7.61. The first kappa shape index (κ1) is 34.4. The third kappa shape index (κ3) is 5.33. The zero-order chi connectivity index (χ0) is 39.2. The van der Waals surface area contributed by atoms with Gasteiger partial charge in [-0.15, -0.1) is 0 Å². The number of hydrogen-bond donors (Lipinski definition) is 0. The van der Waals surface area contributed by atoms with E-state index in [4.69, 9.17) is 15.0 Å². The Bertz CT molecular complexity index is 3210. The number of fused-ring (bicyclic) bond motifs is 8. The maximum Gasteiger partial charge on any atom is 0.238 e. The number of hydrogen-bond acceptors (Lipinski definition) is 3. The topological polar surface area (TPSA) is 48.5 Å². The molecular formula is C53H43N5.